The number of aliphatic hydroxyl groups is 1. The maximum Gasteiger partial charge on any atom is 0.160 e. The van der Waals surface area contributed by atoms with Gasteiger partial charge in [-0.05, 0) is 45.7 Å². The van der Waals surface area contributed by atoms with Crippen LogP contribution in [0, 0.1) is 6.92 Å². The first-order valence-electron chi connectivity index (χ1n) is 8.73. The van der Waals surface area contributed by atoms with E-state index in [9.17, 15) is 5.11 Å². The number of benzene rings is 2. The first-order chi connectivity index (χ1) is 11.8. The summed E-state index contributed by atoms with van der Waals surface area (Å²) in [5, 5.41) is 9.71. The highest BCUT2D eigenvalue weighted by atomic mass is 16.6. The summed E-state index contributed by atoms with van der Waals surface area (Å²) >= 11 is 0. The predicted octanol–water partition coefficient (Wildman–Crippen LogP) is 3.01. The first-order valence-corrected chi connectivity index (χ1v) is 8.73. The molecule has 5 N–H and O–H groups in total. The van der Waals surface area contributed by atoms with Crippen LogP contribution in [-0.4, -0.2) is 29.6 Å². The summed E-state index contributed by atoms with van der Waals surface area (Å²) in [4.78, 5) is 0. The smallest absolute Gasteiger partial charge is 0.160 e. The monoisotopic (exact) mass is 344 g/mol. The molecule has 2 aromatic carbocycles. The van der Waals surface area contributed by atoms with Crippen LogP contribution in [0.15, 0.2) is 60.7 Å². The van der Waals surface area contributed by atoms with Gasteiger partial charge in [0.05, 0.1) is 6.10 Å². The maximum atomic E-state index is 9.71. The third kappa shape index (κ3) is 9.99. The highest BCUT2D eigenvalue weighted by molar-refractivity contribution is 5.16. The standard InChI is InChI=1S/C14H24N2O2.C7H8/c1-14(2,17)18-13(8-9-15)12(16)10-11-6-4-3-5-7-11;1-7-5-3-2-4-6-7/h3-7,12-13,17H,8-10,15-16H2,1-2H3;2-6H,1H3. The van der Waals surface area contributed by atoms with E-state index in [1.807, 2.05) is 48.5 Å². The van der Waals surface area contributed by atoms with Gasteiger partial charge in [-0.2, -0.15) is 0 Å². The van der Waals surface area contributed by atoms with E-state index in [4.69, 9.17) is 16.2 Å². The molecule has 0 heterocycles. The molecule has 0 aliphatic heterocycles. The summed E-state index contributed by atoms with van der Waals surface area (Å²) in [5.74, 6) is -1.19. The van der Waals surface area contributed by atoms with Crippen LogP contribution in [0.2, 0.25) is 0 Å². The molecule has 4 heteroatoms. The Labute approximate surface area is 151 Å². The van der Waals surface area contributed by atoms with E-state index in [0.717, 1.165) is 5.56 Å². The van der Waals surface area contributed by atoms with Gasteiger partial charge in [0.25, 0.3) is 0 Å². The van der Waals surface area contributed by atoms with Crippen molar-refractivity contribution in [3.8, 4) is 0 Å². The largest absolute Gasteiger partial charge is 0.366 e. The zero-order chi connectivity index (χ0) is 18.7. The van der Waals surface area contributed by atoms with Crippen molar-refractivity contribution in [2.45, 2.75) is 51.5 Å². The Morgan fingerprint density at radius 1 is 1.00 bits per heavy atom. The Bertz CT molecular complexity index is 567. The van der Waals surface area contributed by atoms with Crippen molar-refractivity contribution < 1.29 is 9.84 Å². The van der Waals surface area contributed by atoms with E-state index in [-0.39, 0.29) is 12.1 Å². The van der Waals surface area contributed by atoms with Crippen molar-refractivity contribution in [1.82, 2.24) is 0 Å². The lowest BCUT2D eigenvalue weighted by molar-refractivity contribution is -0.210. The molecule has 2 rings (SSSR count). The van der Waals surface area contributed by atoms with Crippen molar-refractivity contribution in [2.24, 2.45) is 11.5 Å². The van der Waals surface area contributed by atoms with E-state index >= 15 is 0 Å². The van der Waals surface area contributed by atoms with Gasteiger partial charge in [0.2, 0.25) is 0 Å². The van der Waals surface area contributed by atoms with Crippen molar-refractivity contribution in [3.63, 3.8) is 0 Å². The summed E-state index contributed by atoms with van der Waals surface area (Å²) < 4.78 is 5.56. The summed E-state index contributed by atoms with van der Waals surface area (Å²) in [5.41, 5.74) is 14.2. The molecule has 0 radical (unpaired) electrons. The first kappa shape index (κ1) is 21.3. The molecule has 2 unspecified atom stereocenters. The molecule has 2 aromatic rings. The number of nitrogens with two attached hydrogens (primary N) is 2. The molecule has 0 aromatic heterocycles. The van der Waals surface area contributed by atoms with Gasteiger partial charge >= 0.3 is 0 Å². The Balaban J connectivity index is 0.000000370. The molecule has 25 heavy (non-hydrogen) atoms. The number of aryl methyl sites for hydroxylation is 1. The molecular weight excluding hydrogens is 312 g/mol. The Hall–Kier alpha value is -1.72. The zero-order valence-corrected chi connectivity index (χ0v) is 15.6. The quantitative estimate of drug-likeness (QED) is 0.674. The summed E-state index contributed by atoms with van der Waals surface area (Å²) in [6.07, 6.45) is 1.11. The average molecular weight is 344 g/mol. The highest BCUT2D eigenvalue weighted by Crippen LogP contribution is 2.15. The van der Waals surface area contributed by atoms with E-state index in [1.165, 1.54) is 5.56 Å². The second kappa shape index (κ2) is 11.0. The van der Waals surface area contributed by atoms with E-state index < -0.39 is 5.79 Å². The van der Waals surface area contributed by atoms with Gasteiger partial charge in [-0.1, -0.05) is 66.2 Å². The summed E-state index contributed by atoms with van der Waals surface area (Å²) in [7, 11) is 0. The molecular formula is C21H32N2O2. The molecule has 0 amide bonds. The van der Waals surface area contributed by atoms with Crippen molar-refractivity contribution in [3.05, 3.63) is 71.8 Å². The maximum absolute atomic E-state index is 9.71. The van der Waals surface area contributed by atoms with E-state index in [1.54, 1.807) is 13.8 Å². The third-order valence-electron chi connectivity index (χ3n) is 3.62. The van der Waals surface area contributed by atoms with Crippen LogP contribution in [0.25, 0.3) is 0 Å². The molecule has 0 aliphatic carbocycles. The normalized spacial score (nSPS) is 13.5. The predicted molar refractivity (Wildman–Crippen MR) is 104 cm³/mol. The molecule has 0 spiro atoms. The number of ether oxygens (including phenoxy) is 1. The van der Waals surface area contributed by atoms with Crippen LogP contribution in [0.4, 0.5) is 0 Å². The van der Waals surface area contributed by atoms with E-state index in [0.29, 0.717) is 19.4 Å². The molecule has 0 fully saturated rings. The van der Waals surface area contributed by atoms with E-state index in [2.05, 4.69) is 19.1 Å². The topological polar surface area (TPSA) is 81.5 Å². The zero-order valence-electron chi connectivity index (χ0n) is 15.6. The second-order valence-corrected chi connectivity index (χ2v) is 6.69. The van der Waals surface area contributed by atoms with Gasteiger partial charge in [0, 0.05) is 6.04 Å². The van der Waals surface area contributed by atoms with Gasteiger partial charge < -0.3 is 21.3 Å². The summed E-state index contributed by atoms with van der Waals surface area (Å²) in [6, 6.07) is 20.1. The average Bonchev–Trinajstić information content (AvgIpc) is 2.55. The van der Waals surface area contributed by atoms with Crippen molar-refractivity contribution in [2.75, 3.05) is 6.54 Å². The van der Waals surface area contributed by atoms with Crippen LogP contribution in [-0.2, 0) is 11.2 Å². The minimum Gasteiger partial charge on any atom is -0.366 e. The second-order valence-electron chi connectivity index (χ2n) is 6.69. The lowest BCUT2D eigenvalue weighted by Crippen LogP contribution is -2.44. The molecule has 0 aliphatic rings. The molecule has 0 saturated carbocycles. The molecule has 0 saturated heterocycles. The van der Waals surface area contributed by atoms with Gasteiger partial charge in [0.15, 0.2) is 5.79 Å². The lowest BCUT2D eigenvalue weighted by Gasteiger charge is -2.30. The SMILES string of the molecule is CC(C)(O)OC(CCN)C(N)Cc1ccccc1.Cc1ccccc1. The van der Waals surface area contributed by atoms with Crippen molar-refractivity contribution in [1.29, 1.82) is 0 Å². The fourth-order valence-corrected chi connectivity index (χ4v) is 2.45. The lowest BCUT2D eigenvalue weighted by atomic mass is 10.00. The fraction of sp³-hybridized carbons (Fsp3) is 0.429. The minimum atomic E-state index is -1.19. The molecule has 2 atom stereocenters. The number of hydrogen-bond acceptors (Lipinski definition) is 4. The highest BCUT2D eigenvalue weighted by Gasteiger charge is 2.25. The Kier molecular flexibility index (Phi) is 9.39. The van der Waals surface area contributed by atoms with Crippen LogP contribution in [0.5, 0.6) is 0 Å². The van der Waals surface area contributed by atoms with Crippen molar-refractivity contribution >= 4 is 0 Å². The third-order valence-corrected chi connectivity index (χ3v) is 3.62. The number of rotatable bonds is 7. The Morgan fingerprint density at radius 3 is 1.92 bits per heavy atom. The summed E-state index contributed by atoms with van der Waals surface area (Å²) in [6.45, 7) is 5.78. The fourth-order valence-electron chi connectivity index (χ4n) is 2.45. The Morgan fingerprint density at radius 2 is 1.52 bits per heavy atom. The van der Waals surface area contributed by atoms with Gasteiger partial charge in [0.1, 0.15) is 0 Å². The van der Waals surface area contributed by atoms with Crippen LogP contribution < -0.4 is 11.5 Å². The van der Waals surface area contributed by atoms with Crippen LogP contribution in [0.1, 0.15) is 31.4 Å². The van der Waals surface area contributed by atoms with Gasteiger partial charge in [-0.3, -0.25) is 0 Å². The minimum absolute atomic E-state index is 0.178. The van der Waals surface area contributed by atoms with Gasteiger partial charge in [-0.25, -0.2) is 0 Å². The van der Waals surface area contributed by atoms with Crippen LogP contribution in [0.3, 0.4) is 0 Å². The molecule has 138 valence electrons. The molecule has 4 nitrogen and oxygen atoms in total. The molecule has 0 bridgehead atoms. The van der Waals surface area contributed by atoms with Crippen LogP contribution >= 0.6 is 0 Å². The number of hydrogen-bond donors (Lipinski definition) is 3. The van der Waals surface area contributed by atoms with Gasteiger partial charge in [-0.15, -0.1) is 0 Å².